The van der Waals surface area contributed by atoms with Crippen LogP contribution in [0.4, 0.5) is 5.95 Å². The van der Waals surface area contributed by atoms with E-state index in [9.17, 15) is 0 Å². The number of hydrogen-bond acceptors (Lipinski definition) is 4. The number of rotatable bonds is 3. The first-order chi connectivity index (χ1) is 8.92. The van der Waals surface area contributed by atoms with Crippen molar-refractivity contribution in [2.24, 2.45) is 0 Å². The molecule has 98 valence electrons. The summed E-state index contributed by atoms with van der Waals surface area (Å²) in [4.78, 5) is 11.2. The van der Waals surface area contributed by atoms with Gasteiger partial charge in [0.2, 0.25) is 11.8 Å². The Balaban J connectivity index is 1.67. The Morgan fingerprint density at radius 2 is 1.83 bits per heavy atom. The predicted octanol–water partition coefficient (Wildman–Crippen LogP) is 2.79. The summed E-state index contributed by atoms with van der Waals surface area (Å²) in [5.74, 6) is 1.59. The van der Waals surface area contributed by atoms with E-state index in [4.69, 9.17) is 4.74 Å². The van der Waals surface area contributed by atoms with Crippen LogP contribution in [0.25, 0.3) is 0 Å². The fourth-order valence-corrected chi connectivity index (χ4v) is 2.82. The summed E-state index contributed by atoms with van der Waals surface area (Å²) in [6.07, 6.45) is 10.9. The first-order valence-electron chi connectivity index (χ1n) is 7.16. The van der Waals surface area contributed by atoms with Crippen molar-refractivity contribution in [3.63, 3.8) is 0 Å². The zero-order valence-electron chi connectivity index (χ0n) is 10.8. The number of hydrogen-bond donors (Lipinski definition) is 0. The molecule has 0 N–H and O–H groups in total. The van der Waals surface area contributed by atoms with Crippen molar-refractivity contribution in [2.75, 3.05) is 18.0 Å². The molecule has 1 saturated heterocycles. The predicted molar refractivity (Wildman–Crippen MR) is 71.0 cm³/mol. The van der Waals surface area contributed by atoms with Crippen molar-refractivity contribution < 1.29 is 4.74 Å². The van der Waals surface area contributed by atoms with Gasteiger partial charge in [-0.25, -0.2) is 4.98 Å². The molecule has 0 spiro atoms. The minimum atomic E-state index is 0.370. The minimum Gasteiger partial charge on any atom is -0.474 e. The highest BCUT2D eigenvalue weighted by atomic mass is 16.5. The molecule has 0 aromatic carbocycles. The second kappa shape index (κ2) is 5.55. The van der Waals surface area contributed by atoms with Crippen molar-refractivity contribution >= 4 is 5.95 Å². The Kier molecular flexibility index (Phi) is 3.62. The molecule has 0 unspecified atom stereocenters. The van der Waals surface area contributed by atoms with Crippen LogP contribution in [0.2, 0.25) is 0 Å². The molecular weight excluding hydrogens is 226 g/mol. The molecule has 0 bridgehead atoms. The van der Waals surface area contributed by atoms with E-state index in [0.717, 1.165) is 24.9 Å². The van der Waals surface area contributed by atoms with Crippen molar-refractivity contribution in [3.05, 3.63) is 12.3 Å². The lowest BCUT2D eigenvalue weighted by molar-refractivity contribution is 0.201. The lowest BCUT2D eigenvalue weighted by Gasteiger charge is -2.26. The van der Waals surface area contributed by atoms with Crippen LogP contribution >= 0.6 is 0 Å². The number of piperidine rings is 1. The van der Waals surface area contributed by atoms with Crippen molar-refractivity contribution in [1.29, 1.82) is 0 Å². The monoisotopic (exact) mass is 247 g/mol. The van der Waals surface area contributed by atoms with E-state index in [0.29, 0.717) is 6.10 Å². The van der Waals surface area contributed by atoms with Crippen LogP contribution in [0.5, 0.6) is 5.88 Å². The molecule has 1 saturated carbocycles. The van der Waals surface area contributed by atoms with Crippen molar-refractivity contribution in [2.45, 2.75) is 51.0 Å². The van der Waals surface area contributed by atoms with Crippen LogP contribution in [-0.2, 0) is 0 Å². The standard InChI is InChI=1S/C14H21N3O/c1-4-10-17(11-5-1)14-15-9-8-13(16-14)18-12-6-2-3-7-12/h8-9,12H,1-7,10-11H2. The lowest BCUT2D eigenvalue weighted by atomic mass is 10.1. The van der Waals surface area contributed by atoms with Gasteiger partial charge in [-0.15, -0.1) is 0 Å². The van der Waals surface area contributed by atoms with Gasteiger partial charge in [0.25, 0.3) is 0 Å². The Morgan fingerprint density at radius 1 is 1.06 bits per heavy atom. The largest absolute Gasteiger partial charge is 0.474 e. The van der Waals surface area contributed by atoms with Gasteiger partial charge in [-0.2, -0.15) is 4.98 Å². The molecule has 0 atom stereocenters. The third-order valence-electron chi connectivity index (χ3n) is 3.85. The molecule has 2 heterocycles. The smallest absolute Gasteiger partial charge is 0.228 e. The Hall–Kier alpha value is -1.32. The van der Waals surface area contributed by atoms with Crippen LogP contribution < -0.4 is 9.64 Å². The molecule has 1 aliphatic heterocycles. The highest BCUT2D eigenvalue weighted by Crippen LogP contribution is 2.24. The molecular formula is C14H21N3O. The summed E-state index contributed by atoms with van der Waals surface area (Å²) in [7, 11) is 0. The molecule has 18 heavy (non-hydrogen) atoms. The zero-order chi connectivity index (χ0) is 12.2. The topological polar surface area (TPSA) is 38.2 Å². The van der Waals surface area contributed by atoms with Crippen LogP contribution in [0.3, 0.4) is 0 Å². The molecule has 0 radical (unpaired) electrons. The SMILES string of the molecule is c1cc(OC2CCCC2)nc(N2CCCCC2)n1. The van der Waals surface area contributed by atoms with E-state index in [2.05, 4.69) is 14.9 Å². The van der Waals surface area contributed by atoms with Gasteiger partial charge in [0.05, 0.1) is 0 Å². The van der Waals surface area contributed by atoms with Gasteiger partial charge in [-0.1, -0.05) is 0 Å². The minimum absolute atomic E-state index is 0.370. The first kappa shape index (κ1) is 11.8. The maximum absolute atomic E-state index is 5.93. The summed E-state index contributed by atoms with van der Waals surface area (Å²) in [5, 5.41) is 0. The third-order valence-corrected chi connectivity index (χ3v) is 3.85. The fraction of sp³-hybridized carbons (Fsp3) is 0.714. The quantitative estimate of drug-likeness (QED) is 0.823. The van der Waals surface area contributed by atoms with E-state index in [-0.39, 0.29) is 0 Å². The van der Waals surface area contributed by atoms with E-state index in [1.807, 2.05) is 12.3 Å². The number of aromatic nitrogens is 2. The molecule has 4 nitrogen and oxygen atoms in total. The van der Waals surface area contributed by atoms with Crippen molar-refractivity contribution in [3.8, 4) is 5.88 Å². The van der Waals surface area contributed by atoms with Crippen LogP contribution in [0, 0.1) is 0 Å². The molecule has 1 aliphatic carbocycles. The molecule has 2 aliphatic rings. The number of anilines is 1. The maximum Gasteiger partial charge on any atom is 0.228 e. The first-order valence-corrected chi connectivity index (χ1v) is 7.16. The van der Waals surface area contributed by atoms with Gasteiger partial charge in [-0.3, -0.25) is 0 Å². The Bertz CT molecular complexity index is 384. The summed E-state index contributed by atoms with van der Waals surface area (Å²) in [5.41, 5.74) is 0. The normalized spacial score (nSPS) is 21.2. The zero-order valence-corrected chi connectivity index (χ0v) is 10.8. The molecule has 4 heteroatoms. The van der Waals surface area contributed by atoms with Crippen LogP contribution in [0.15, 0.2) is 12.3 Å². The second-order valence-electron chi connectivity index (χ2n) is 5.27. The van der Waals surface area contributed by atoms with E-state index in [1.165, 1.54) is 44.9 Å². The van der Waals surface area contributed by atoms with E-state index in [1.54, 1.807) is 0 Å². The molecule has 0 amide bonds. The molecule has 1 aromatic rings. The number of ether oxygens (including phenoxy) is 1. The molecule has 1 aromatic heterocycles. The van der Waals surface area contributed by atoms with Gasteiger partial charge < -0.3 is 9.64 Å². The van der Waals surface area contributed by atoms with Gasteiger partial charge in [-0.05, 0) is 44.9 Å². The van der Waals surface area contributed by atoms with Crippen LogP contribution in [0.1, 0.15) is 44.9 Å². The van der Waals surface area contributed by atoms with Crippen LogP contribution in [-0.4, -0.2) is 29.2 Å². The fourth-order valence-electron chi connectivity index (χ4n) is 2.82. The summed E-state index contributed by atoms with van der Waals surface area (Å²) >= 11 is 0. The third kappa shape index (κ3) is 2.74. The number of nitrogens with zero attached hydrogens (tertiary/aromatic N) is 3. The molecule has 3 rings (SSSR count). The highest BCUT2D eigenvalue weighted by Gasteiger charge is 2.18. The summed E-state index contributed by atoms with van der Waals surface area (Å²) < 4.78 is 5.93. The Morgan fingerprint density at radius 3 is 2.61 bits per heavy atom. The molecule has 2 fully saturated rings. The van der Waals surface area contributed by atoms with Gasteiger partial charge in [0, 0.05) is 25.4 Å². The highest BCUT2D eigenvalue weighted by molar-refractivity contribution is 5.32. The average Bonchev–Trinajstić information content (AvgIpc) is 2.93. The maximum atomic E-state index is 5.93. The van der Waals surface area contributed by atoms with E-state index < -0.39 is 0 Å². The van der Waals surface area contributed by atoms with E-state index >= 15 is 0 Å². The lowest BCUT2D eigenvalue weighted by Crippen LogP contribution is -2.31. The average molecular weight is 247 g/mol. The van der Waals surface area contributed by atoms with Crippen molar-refractivity contribution in [1.82, 2.24) is 9.97 Å². The summed E-state index contributed by atoms with van der Waals surface area (Å²) in [6, 6.07) is 1.88. The second-order valence-corrected chi connectivity index (χ2v) is 5.27. The van der Waals surface area contributed by atoms with Gasteiger partial charge in [0.1, 0.15) is 6.10 Å². The Labute approximate surface area is 108 Å². The van der Waals surface area contributed by atoms with Gasteiger partial charge in [0.15, 0.2) is 0 Å². The summed E-state index contributed by atoms with van der Waals surface area (Å²) in [6.45, 7) is 2.15. The van der Waals surface area contributed by atoms with Gasteiger partial charge >= 0.3 is 0 Å².